The van der Waals surface area contributed by atoms with Crippen molar-refractivity contribution in [3.8, 4) is 0 Å². The topological polar surface area (TPSA) is 89.7 Å². The molecule has 5 heterocycles. The predicted molar refractivity (Wildman–Crippen MR) is 103 cm³/mol. The highest BCUT2D eigenvalue weighted by molar-refractivity contribution is 6.02. The van der Waals surface area contributed by atoms with Crippen LogP contribution in [0.4, 0.5) is 5.69 Å². The molecule has 6 aliphatic rings. The van der Waals surface area contributed by atoms with Crippen molar-refractivity contribution in [3.63, 3.8) is 0 Å². The van der Waals surface area contributed by atoms with Crippen LogP contribution < -0.4 is 0 Å². The SMILES string of the molecule is CC(=O)OC1C2C3C[C@H]4C5=[N+](C)c6ccccc6[C@]51C[C@H]2[N+]4([O-])[C@@H](C)[C@@H]3C(=O)O. The van der Waals surface area contributed by atoms with Gasteiger partial charge in [0.1, 0.15) is 30.5 Å². The van der Waals surface area contributed by atoms with Gasteiger partial charge in [-0.15, -0.1) is 0 Å². The monoisotopic (exact) mass is 397 g/mol. The van der Waals surface area contributed by atoms with Gasteiger partial charge in [0.25, 0.3) is 0 Å². The van der Waals surface area contributed by atoms with Gasteiger partial charge in [0.2, 0.25) is 11.4 Å². The summed E-state index contributed by atoms with van der Waals surface area (Å²) in [6.45, 7) is 3.23. The number of ether oxygens (including phenoxy) is 1. The highest BCUT2D eigenvalue weighted by atomic mass is 16.6. The lowest BCUT2D eigenvalue weighted by molar-refractivity contribution is -0.967. The smallest absolute Gasteiger partial charge is 0.312 e. The molecule has 4 unspecified atom stereocenters. The first-order valence-corrected chi connectivity index (χ1v) is 10.4. The predicted octanol–water partition coefficient (Wildman–Crippen LogP) is 1.79. The zero-order chi connectivity index (χ0) is 20.5. The number of fused-ring (bicyclic) bond motifs is 2. The minimum atomic E-state index is -0.897. The number of hydroxylamine groups is 3. The number of esters is 1. The maximum absolute atomic E-state index is 14.5. The molecule has 7 heteroatoms. The maximum Gasteiger partial charge on any atom is 0.312 e. The largest absolute Gasteiger partial charge is 0.632 e. The number of para-hydroxylation sites is 1. The first-order chi connectivity index (χ1) is 13.7. The molecule has 7 rings (SSSR count). The van der Waals surface area contributed by atoms with Crippen LogP contribution in [-0.2, 0) is 19.7 Å². The van der Waals surface area contributed by atoms with Gasteiger partial charge in [0, 0.05) is 31.4 Å². The Hall–Kier alpha value is -2.25. The third-order valence-electron chi connectivity index (χ3n) is 8.88. The molecule has 1 saturated carbocycles. The van der Waals surface area contributed by atoms with Gasteiger partial charge in [0.05, 0.1) is 12.0 Å². The Bertz CT molecular complexity index is 1020. The van der Waals surface area contributed by atoms with Crippen molar-refractivity contribution in [2.45, 2.75) is 56.3 Å². The fourth-order valence-corrected chi connectivity index (χ4v) is 8.22. The van der Waals surface area contributed by atoms with Crippen molar-refractivity contribution in [1.82, 2.24) is 0 Å². The minimum Gasteiger partial charge on any atom is -0.632 e. The number of carbonyl (C=O) groups is 2. The molecule has 152 valence electrons. The van der Waals surface area contributed by atoms with Crippen molar-refractivity contribution >= 4 is 23.3 Å². The maximum atomic E-state index is 14.5. The Balaban J connectivity index is 1.67. The normalized spacial score (nSPS) is 47.9. The Kier molecular flexibility index (Phi) is 3.08. The van der Waals surface area contributed by atoms with Crippen molar-refractivity contribution in [2.24, 2.45) is 17.8 Å². The van der Waals surface area contributed by atoms with Gasteiger partial charge >= 0.3 is 11.9 Å². The summed E-state index contributed by atoms with van der Waals surface area (Å²) in [6, 6.07) is 7.14. The lowest BCUT2D eigenvalue weighted by atomic mass is 9.61. The van der Waals surface area contributed by atoms with Gasteiger partial charge in [-0.3, -0.25) is 9.59 Å². The molecule has 1 spiro atoms. The summed E-state index contributed by atoms with van der Waals surface area (Å²) < 4.78 is 7.65. The number of hydrogen-bond donors (Lipinski definition) is 1. The third kappa shape index (κ3) is 1.65. The van der Waals surface area contributed by atoms with Gasteiger partial charge < -0.3 is 19.7 Å². The fraction of sp³-hybridized carbons (Fsp3) is 0.591. The van der Waals surface area contributed by atoms with Crippen LogP contribution in [0.15, 0.2) is 24.3 Å². The van der Waals surface area contributed by atoms with E-state index in [9.17, 15) is 19.9 Å². The summed E-state index contributed by atoms with van der Waals surface area (Å²) in [5.41, 5.74) is 2.72. The summed E-state index contributed by atoms with van der Waals surface area (Å²) >= 11 is 0. The average Bonchev–Trinajstić information content (AvgIpc) is 3.06. The van der Waals surface area contributed by atoms with E-state index in [1.54, 1.807) is 0 Å². The second-order valence-corrected chi connectivity index (χ2v) is 9.60. The Labute approximate surface area is 168 Å². The van der Waals surface area contributed by atoms with Crippen LogP contribution in [0.1, 0.15) is 32.3 Å². The van der Waals surface area contributed by atoms with Crippen molar-refractivity contribution < 1.29 is 28.7 Å². The second-order valence-electron chi connectivity index (χ2n) is 9.60. The van der Waals surface area contributed by atoms with E-state index in [-0.39, 0.29) is 29.9 Å². The number of hydrogen-bond acceptors (Lipinski definition) is 4. The van der Waals surface area contributed by atoms with Crippen molar-refractivity contribution in [3.05, 3.63) is 35.0 Å². The zero-order valence-corrected chi connectivity index (χ0v) is 16.7. The molecule has 5 aliphatic heterocycles. The van der Waals surface area contributed by atoms with E-state index in [2.05, 4.69) is 16.7 Å². The van der Waals surface area contributed by atoms with Crippen LogP contribution in [0.3, 0.4) is 0 Å². The first kappa shape index (κ1) is 17.6. The molecule has 1 aliphatic carbocycles. The highest BCUT2D eigenvalue weighted by Crippen LogP contribution is 2.69. The van der Waals surface area contributed by atoms with E-state index in [4.69, 9.17) is 4.74 Å². The van der Waals surface area contributed by atoms with Gasteiger partial charge in [-0.25, -0.2) is 0 Å². The molecule has 0 aromatic heterocycles. The average molecular weight is 397 g/mol. The number of piperidine rings is 4. The molecular formula is C22H25N2O5+. The molecule has 29 heavy (non-hydrogen) atoms. The lowest BCUT2D eigenvalue weighted by Crippen LogP contribution is -2.79. The van der Waals surface area contributed by atoms with Gasteiger partial charge in [-0.2, -0.15) is 4.58 Å². The van der Waals surface area contributed by atoms with Crippen LogP contribution in [0.2, 0.25) is 0 Å². The van der Waals surface area contributed by atoms with E-state index in [1.807, 2.05) is 26.1 Å². The molecular weight excluding hydrogens is 372 g/mol. The van der Waals surface area contributed by atoms with Crippen LogP contribution in [0.25, 0.3) is 0 Å². The molecule has 5 fully saturated rings. The van der Waals surface area contributed by atoms with Gasteiger partial charge in [0.15, 0.2) is 6.04 Å². The van der Waals surface area contributed by atoms with E-state index in [1.165, 1.54) is 6.92 Å². The van der Waals surface area contributed by atoms with E-state index >= 15 is 0 Å². The van der Waals surface area contributed by atoms with Crippen LogP contribution in [-0.4, -0.2) is 63.3 Å². The lowest BCUT2D eigenvalue weighted by Gasteiger charge is -2.68. The number of benzene rings is 1. The quantitative estimate of drug-likeness (QED) is 0.356. The third-order valence-corrected chi connectivity index (χ3v) is 8.88. The standard InChI is InChI=1S/C22H24N2O5/c1-10-17(21(26)27)12-8-15-19-22(13-6-4-5-7-14(13)23(19)3)9-16(24(10,15)28)18(12)20(22)29-11(2)25/h4-7,10,12,15-18,20H,8-9H2,1-3H3/p+1/t10-,12?,15-,16+,17-,18?,20?,22+,24?/m0/s1. The molecule has 0 radical (unpaired) electrons. The van der Waals surface area contributed by atoms with Crippen LogP contribution >= 0.6 is 0 Å². The summed E-state index contributed by atoms with van der Waals surface area (Å²) in [6.07, 6.45) is 0.697. The number of rotatable bonds is 2. The van der Waals surface area contributed by atoms with Gasteiger partial charge in [-0.1, -0.05) is 18.2 Å². The number of carbonyl (C=O) groups excluding carboxylic acids is 1. The molecule has 5 bridgehead atoms. The van der Waals surface area contributed by atoms with Crippen molar-refractivity contribution in [2.75, 3.05) is 7.05 Å². The molecule has 4 saturated heterocycles. The number of quaternary nitrogens is 1. The second kappa shape index (κ2) is 5.08. The molecule has 1 aromatic rings. The molecule has 0 amide bonds. The molecule has 7 nitrogen and oxygen atoms in total. The van der Waals surface area contributed by atoms with E-state index in [0.29, 0.717) is 12.8 Å². The van der Waals surface area contributed by atoms with Crippen molar-refractivity contribution in [1.29, 1.82) is 0 Å². The number of nitrogens with zero attached hydrogens (tertiary/aromatic N) is 2. The van der Waals surface area contributed by atoms with Crippen LogP contribution in [0, 0.1) is 23.0 Å². The summed E-state index contributed by atoms with van der Waals surface area (Å²) in [5.74, 6) is -2.32. The number of carboxylic acids is 1. The Morgan fingerprint density at radius 3 is 2.76 bits per heavy atom. The Morgan fingerprint density at radius 1 is 1.34 bits per heavy atom. The van der Waals surface area contributed by atoms with Gasteiger partial charge in [-0.05, 0) is 12.8 Å². The molecule has 1 N–H and O–H groups in total. The first-order valence-electron chi connectivity index (χ1n) is 10.4. The van der Waals surface area contributed by atoms with E-state index in [0.717, 1.165) is 17.0 Å². The minimum absolute atomic E-state index is 0.145. The summed E-state index contributed by atoms with van der Waals surface area (Å²) in [7, 11) is 2.00. The zero-order valence-electron chi connectivity index (χ0n) is 16.7. The molecule has 1 aromatic carbocycles. The van der Waals surface area contributed by atoms with E-state index < -0.39 is 34.1 Å². The summed E-state index contributed by atoms with van der Waals surface area (Å²) in [4.78, 5) is 24.3. The summed E-state index contributed by atoms with van der Waals surface area (Å²) in [5, 5.41) is 24.5. The molecule has 9 atom stereocenters. The van der Waals surface area contributed by atoms with Crippen LogP contribution in [0.5, 0.6) is 0 Å². The highest BCUT2D eigenvalue weighted by Gasteiger charge is 2.83. The fourth-order valence-electron chi connectivity index (χ4n) is 8.22. The number of carboxylic acid groups (broad SMARTS) is 1. The Morgan fingerprint density at radius 2 is 2.07 bits per heavy atom. The number of aliphatic carboxylic acids is 1.